The van der Waals surface area contributed by atoms with Crippen LogP contribution in [-0.4, -0.2) is 78.0 Å². The minimum absolute atomic E-state index is 0.0993. The van der Waals surface area contributed by atoms with Crippen molar-refractivity contribution in [3.8, 4) is 0 Å². The molecule has 0 unspecified atom stereocenters. The molecule has 5 atom stereocenters. The number of fused-ring (bicyclic) bond motifs is 1. The van der Waals surface area contributed by atoms with Crippen molar-refractivity contribution in [2.45, 2.75) is 75.7 Å². The molecular weight excluding hydrogens is 539 g/mol. The van der Waals surface area contributed by atoms with Gasteiger partial charge in [0.05, 0.1) is 28.0 Å². The number of rotatable bonds is 10. The first-order chi connectivity index (χ1) is 18.7. The molecule has 3 fully saturated rings. The molecule has 10 heteroatoms. The second kappa shape index (κ2) is 11.8. The van der Waals surface area contributed by atoms with E-state index in [1.165, 1.54) is 6.42 Å². The Morgan fingerprint density at radius 1 is 1.13 bits per heavy atom. The minimum atomic E-state index is -1.16. The second-order valence-electron chi connectivity index (χ2n) is 11.4. The van der Waals surface area contributed by atoms with Crippen LogP contribution in [0.1, 0.15) is 51.9 Å². The van der Waals surface area contributed by atoms with Crippen molar-refractivity contribution in [3.05, 3.63) is 40.4 Å². The predicted molar refractivity (Wildman–Crippen MR) is 152 cm³/mol. The smallest absolute Gasteiger partial charge is 0.246 e. The number of ether oxygens (including phenoxy) is 1. The Morgan fingerprint density at radius 3 is 2.62 bits per heavy atom. The Morgan fingerprint density at radius 2 is 1.90 bits per heavy atom. The summed E-state index contributed by atoms with van der Waals surface area (Å²) in [5, 5.41) is 6.83. The molecule has 1 spiro atoms. The van der Waals surface area contributed by atoms with Gasteiger partial charge in [-0.2, -0.15) is 0 Å². The maximum atomic E-state index is 14.1. The Bertz CT molecular complexity index is 1140. The molecule has 2 bridgehead atoms. The highest BCUT2D eigenvalue weighted by Gasteiger charge is 2.72. The van der Waals surface area contributed by atoms with Gasteiger partial charge in [-0.25, -0.2) is 0 Å². The van der Waals surface area contributed by atoms with Crippen LogP contribution >= 0.6 is 23.2 Å². The number of nitrogens with zero attached hydrogens (tertiary/aromatic N) is 2. The molecule has 1 saturated carbocycles. The summed E-state index contributed by atoms with van der Waals surface area (Å²) < 4.78 is 6.44. The third-order valence-electron chi connectivity index (χ3n) is 8.68. The topological polar surface area (TPSA) is 91.0 Å². The molecule has 2 saturated heterocycles. The lowest BCUT2D eigenvalue weighted by Crippen LogP contribution is -2.57. The van der Waals surface area contributed by atoms with E-state index in [1.807, 2.05) is 19.2 Å². The van der Waals surface area contributed by atoms with E-state index in [4.69, 9.17) is 27.9 Å². The summed E-state index contributed by atoms with van der Waals surface area (Å²) in [4.78, 5) is 45.4. The number of likely N-dealkylation sites (tertiary alicyclic amines) is 1. The van der Waals surface area contributed by atoms with Crippen molar-refractivity contribution in [1.82, 2.24) is 15.1 Å². The van der Waals surface area contributed by atoms with Crippen LogP contribution in [0.5, 0.6) is 0 Å². The largest absolute Gasteiger partial charge is 0.359 e. The Labute approximate surface area is 240 Å². The number of nitrogens with one attached hydrogen (secondary N) is 2. The molecule has 1 aromatic rings. The molecule has 212 valence electrons. The SMILES string of the molecule is CCCCN(C)CCN1C(=O)[C@@H]2[C@H](C(=O)Nc3ccc(Cl)c(Cl)c3)[C@@H]3C=C[C@@]2(O3)[C@@H]1C(=O)NC1CCCCC1. The molecule has 8 nitrogen and oxygen atoms in total. The van der Waals surface area contributed by atoms with Gasteiger partial charge in [-0.1, -0.05) is 68.0 Å². The third-order valence-corrected chi connectivity index (χ3v) is 9.42. The molecule has 1 aromatic carbocycles. The van der Waals surface area contributed by atoms with E-state index in [2.05, 4.69) is 22.5 Å². The number of hydrogen-bond acceptors (Lipinski definition) is 5. The molecule has 2 N–H and O–H groups in total. The summed E-state index contributed by atoms with van der Waals surface area (Å²) in [6.45, 7) is 4.09. The van der Waals surface area contributed by atoms with Gasteiger partial charge in [0.2, 0.25) is 17.7 Å². The van der Waals surface area contributed by atoms with Crippen LogP contribution in [0.4, 0.5) is 5.69 Å². The number of benzene rings is 1. The van der Waals surface area contributed by atoms with Crippen molar-refractivity contribution in [3.63, 3.8) is 0 Å². The number of amides is 3. The van der Waals surface area contributed by atoms with Gasteiger partial charge in [0, 0.05) is 24.8 Å². The van der Waals surface area contributed by atoms with E-state index in [0.717, 1.165) is 45.1 Å². The first-order valence-electron chi connectivity index (χ1n) is 14.2. The van der Waals surface area contributed by atoms with Crippen molar-refractivity contribution >= 4 is 46.6 Å². The molecule has 4 aliphatic rings. The molecule has 39 heavy (non-hydrogen) atoms. The van der Waals surface area contributed by atoms with E-state index in [1.54, 1.807) is 23.1 Å². The minimum Gasteiger partial charge on any atom is -0.359 e. The van der Waals surface area contributed by atoms with Crippen molar-refractivity contribution in [1.29, 1.82) is 0 Å². The second-order valence-corrected chi connectivity index (χ2v) is 12.2. The first kappa shape index (κ1) is 28.4. The average molecular weight is 578 g/mol. The number of unbranched alkanes of at least 4 members (excludes halogenated alkanes) is 1. The maximum Gasteiger partial charge on any atom is 0.246 e. The molecule has 1 aliphatic carbocycles. The van der Waals surface area contributed by atoms with E-state index in [-0.39, 0.29) is 23.8 Å². The molecule has 3 aliphatic heterocycles. The van der Waals surface area contributed by atoms with Crippen LogP contribution in [0.25, 0.3) is 0 Å². The Hall–Kier alpha value is -2.13. The monoisotopic (exact) mass is 576 g/mol. The van der Waals surface area contributed by atoms with Crippen LogP contribution in [0, 0.1) is 11.8 Å². The Kier molecular flexibility index (Phi) is 8.57. The first-order valence-corrected chi connectivity index (χ1v) is 14.9. The molecule has 3 heterocycles. The summed E-state index contributed by atoms with van der Waals surface area (Å²) in [6.07, 6.45) is 10.5. The van der Waals surface area contributed by atoms with E-state index < -0.39 is 29.6 Å². The number of halogens is 2. The van der Waals surface area contributed by atoms with E-state index >= 15 is 0 Å². The third kappa shape index (κ3) is 5.45. The van der Waals surface area contributed by atoms with Crippen molar-refractivity contribution < 1.29 is 19.1 Å². The molecule has 0 aromatic heterocycles. The van der Waals surface area contributed by atoms with Crippen LogP contribution in [-0.2, 0) is 19.1 Å². The lowest BCUT2D eigenvalue weighted by atomic mass is 9.74. The fourth-order valence-electron chi connectivity index (χ4n) is 6.65. The number of carbonyl (C=O) groups excluding carboxylic acids is 3. The average Bonchev–Trinajstić information content (AvgIpc) is 3.56. The fraction of sp³-hybridized carbons (Fsp3) is 0.621. The highest BCUT2D eigenvalue weighted by Crippen LogP contribution is 2.55. The van der Waals surface area contributed by atoms with Crippen molar-refractivity contribution in [2.75, 3.05) is 32.0 Å². The molecule has 3 amide bonds. The lowest BCUT2D eigenvalue weighted by Gasteiger charge is -2.34. The van der Waals surface area contributed by atoms with Crippen LogP contribution in [0.3, 0.4) is 0 Å². The highest BCUT2D eigenvalue weighted by molar-refractivity contribution is 6.42. The normalized spacial score (nSPS) is 29.8. The van der Waals surface area contributed by atoms with Crippen LogP contribution in [0.2, 0.25) is 10.0 Å². The highest BCUT2D eigenvalue weighted by atomic mass is 35.5. The summed E-state index contributed by atoms with van der Waals surface area (Å²) in [7, 11) is 2.03. The van der Waals surface area contributed by atoms with Crippen LogP contribution in [0.15, 0.2) is 30.4 Å². The standard InChI is InChI=1S/C29H38Cl2N4O4/c1-3-4-14-34(2)15-16-35-25(27(37)32-18-8-6-5-7-9-18)29-13-12-22(39-29)23(24(29)28(35)38)26(36)33-19-10-11-20(30)21(31)17-19/h10-13,17-18,22-25H,3-9,14-16H2,1-2H3,(H,32,37)(H,33,36)/t22-,23+,24-,25-,29-/m0/s1. The van der Waals surface area contributed by atoms with Gasteiger partial charge in [0.25, 0.3) is 0 Å². The lowest BCUT2D eigenvalue weighted by molar-refractivity contribution is -0.141. The van der Waals surface area contributed by atoms with Crippen molar-refractivity contribution in [2.24, 2.45) is 11.8 Å². The molecular formula is C29H38Cl2N4O4. The van der Waals surface area contributed by atoms with Crippen LogP contribution < -0.4 is 10.6 Å². The maximum absolute atomic E-state index is 14.1. The summed E-state index contributed by atoms with van der Waals surface area (Å²) >= 11 is 12.2. The van der Waals surface area contributed by atoms with Gasteiger partial charge in [-0.3, -0.25) is 14.4 Å². The quantitative estimate of drug-likeness (QED) is 0.406. The number of carbonyl (C=O) groups is 3. The zero-order valence-corrected chi connectivity index (χ0v) is 24.1. The zero-order chi connectivity index (χ0) is 27.7. The van der Waals surface area contributed by atoms with Gasteiger partial charge >= 0.3 is 0 Å². The predicted octanol–water partition coefficient (Wildman–Crippen LogP) is 4.26. The van der Waals surface area contributed by atoms with Gasteiger partial charge in [0.1, 0.15) is 11.6 Å². The fourth-order valence-corrected chi connectivity index (χ4v) is 6.95. The number of likely N-dealkylation sites (N-methyl/N-ethyl adjacent to an activating group) is 1. The molecule has 0 radical (unpaired) electrons. The van der Waals surface area contributed by atoms with E-state index in [9.17, 15) is 14.4 Å². The summed E-state index contributed by atoms with van der Waals surface area (Å²) in [5.41, 5.74) is -0.677. The number of anilines is 1. The molecule has 5 rings (SSSR count). The van der Waals surface area contributed by atoms with Gasteiger partial charge in [0.15, 0.2) is 0 Å². The Balaban J connectivity index is 1.40. The van der Waals surface area contributed by atoms with Gasteiger partial charge < -0.3 is 25.2 Å². The van der Waals surface area contributed by atoms with Gasteiger partial charge in [-0.05, 0) is 51.1 Å². The summed E-state index contributed by atoms with van der Waals surface area (Å²) in [5.74, 6) is -2.27. The van der Waals surface area contributed by atoms with Gasteiger partial charge in [-0.15, -0.1) is 0 Å². The summed E-state index contributed by atoms with van der Waals surface area (Å²) in [6, 6.07) is 4.14. The van der Waals surface area contributed by atoms with E-state index in [0.29, 0.717) is 28.8 Å². The number of hydrogen-bond donors (Lipinski definition) is 2. The zero-order valence-electron chi connectivity index (χ0n) is 22.6.